The minimum atomic E-state index is -3.61. The molecule has 0 aliphatic rings. The molecule has 2 rings (SSSR count). The van der Waals surface area contributed by atoms with Crippen LogP contribution in [0.2, 0.25) is 0 Å². The van der Waals surface area contributed by atoms with Crippen molar-refractivity contribution in [2.45, 2.75) is 53.1 Å². The molecule has 0 aliphatic heterocycles. The summed E-state index contributed by atoms with van der Waals surface area (Å²) in [5.74, 6) is -0.296. The van der Waals surface area contributed by atoms with Gasteiger partial charge in [0.2, 0.25) is 21.8 Å². The molecule has 0 unspecified atom stereocenters. The molecular formula is C27H38FN3O5S. The summed E-state index contributed by atoms with van der Waals surface area (Å²) < 4.78 is 45.9. The lowest BCUT2D eigenvalue weighted by Gasteiger charge is -2.29. The van der Waals surface area contributed by atoms with Crippen molar-refractivity contribution < 1.29 is 27.1 Å². The zero-order valence-electron chi connectivity index (χ0n) is 22.2. The Morgan fingerprint density at radius 3 is 2.27 bits per heavy atom. The Balaban J connectivity index is 2.16. The Kier molecular flexibility index (Phi) is 11.4. The molecule has 2 amide bonds. The van der Waals surface area contributed by atoms with Crippen molar-refractivity contribution in [3.05, 3.63) is 59.9 Å². The first-order chi connectivity index (χ1) is 17.4. The van der Waals surface area contributed by atoms with Gasteiger partial charge in [0.25, 0.3) is 0 Å². The van der Waals surface area contributed by atoms with E-state index in [1.165, 1.54) is 15.3 Å². The van der Waals surface area contributed by atoms with Crippen molar-refractivity contribution in [2.24, 2.45) is 5.92 Å². The molecule has 0 heterocycles. The average Bonchev–Trinajstić information content (AvgIpc) is 2.84. The molecule has 37 heavy (non-hydrogen) atoms. The van der Waals surface area contributed by atoms with E-state index in [9.17, 15) is 22.4 Å². The number of anilines is 1. The van der Waals surface area contributed by atoms with Crippen LogP contribution in [0.15, 0.2) is 48.5 Å². The fourth-order valence-corrected chi connectivity index (χ4v) is 4.69. The lowest BCUT2D eigenvalue weighted by Crippen LogP contribution is -2.48. The number of ether oxygens (including phenoxy) is 1. The Morgan fingerprint density at radius 2 is 1.70 bits per heavy atom. The zero-order chi connectivity index (χ0) is 27.6. The molecule has 0 bridgehead atoms. The number of hydrogen-bond donors (Lipinski definition) is 1. The monoisotopic (exact) mass is 535 g/mol. The van der Waals surface area contributed by atoms with Gasteiger partial charge < -0.3 is 15.0 Å². The maximum absolute atomic E-state index is 14.4. The molecular weight excluding hydrogens is 497 g/mol. The van der Waals surface area contributed by atoms with E-state index in [-0.39, 0.29) is 43.7 Å². The number of sulfonamides is 1. The zero-order valence-corrected chi connectivity index (χ0v) is 23.1. The van der Waals surface area contributed by atoms with Crippen LogP contribution in [0, 0.1) is 11.7 Å². The molecule has 1 N–H and O–H groups in total. The van der Waals surface area contributed by atoms with Crippen LogP contribution in [-0.4, -0.2) is 57.1 Å². The average molecular weight is 536 g/mol. The quantitative estimate of drug-likeness (QED) is 0.395. The minimum absolute atomic E-state index is 0.0146. The summed E-state index contributed by atoms with van der Waals surface area (Å²) in [4.78, 5) is 27.4. The van der Waals surface area contributed by atoms with Crippen LogP contribution in [-0.2, 0) is 26.2 Å². The van der Waals surface area contributed by atoms with Gasteiger partial charge in [0.05, 0.1) is 18.6 Å². The van der Waals surface area contributed by atoms with E-state index >= 15 is 0 Å². The van der Waals surface area contributed by atoms with Crippen LogP contribution in [0.5, 0.6) is 5.75 Å². The fourth-order valence-electron chi connectivity index (χ4n) is 3.72. The third-order valence-corrected chi connectivity index (χ3v) is 6.93. The van der Waals surface area contributed by atoms with E-state index in [1.54, 1.807) is 49.4 Å². The molecule has 204 valence electrons. The summed E-state index contributed by atoms with van der Waals surface area (Å²) in [6, 6.07) is 12.0. The number of nitrogens with zero attached hydrogens (tertiary/aromatic N) is 2. The first-order valence-electron chi connectivity index (χ1n) is 12.4. The minimum Gasteiger partial charge on any atom is -0.494 e. The Labute approximate surface area is 219 Å². The van der Waals surface area contributed by atoms with Crippen molar-refractivity contribution in [1.82, 2.24) is 10.2 Å². The normalized spacial score (nSPS) is 12.2. The summed E-state index contributed by atoms with van der Waals surface area (Å²) in [6.45, 7) is 8.34. The molecule has 2 aromatic carbocycles. The summed E-state index contributed by atoms with van der Waals surface area (Å²) in [6.07, 6.45) is 1.31. The van der Waals surface area contributed by atoms with Crippen molar-refractivity contribution in [1.29, 1.82) is 0 Å². The first-order valence-corrected chi connectivity index (χ1v) is 14.3. The summed E-state index contributed by atoms with van der Waals surface area (Å²) in [5, 5.41) is 2.82. The number of amides is 2. The summed E-state index contributed by atoms with van der Waals surface area (Å²) in [5.41, 5.74) is 0.759. The Morgan fingerprint density at radius 1 is 1.05 bits per heavy atom. The highest BCUT2D eigenvalue weighted by molar-refractivity contribution is 7.92. The van der Waals surface area contributed by atoms with E-state index < -0.39 is 21.9 Å². The van der Waals surface area contributed by atoms with Gasteiger partial charge in [0, 0.05) is 31.6 Å². The molecule has 0 radical (unpaired) electrons. The molecule has 0 spiro atoms. The highest BCUT2D eigenvalue weighted by Crippen LogP contribution is 2.23. The number of rotatable bonds is 14. The van der Waals surface area contributed by atoms with Crippen LogP contribution in [0.25, 0.3) is 0 Å². The molecule has 10 heteroatoms. The lowest BCUT2D eigenvalue weighted by molar-refractivity contribution is -0.140. The van der Waals surface area contributed by atoms with Crippen LogP contribution < -0.4 is 14.4 Å². The van der Waals surface area contributed by atoms with Gasteiger partial charge in [-0.3, -0.25) is 13.9 Å². The van der Waals surface area contributed by atoms with Gasteiger partial charge in [-0.25, -0.2) is 12.8 Å². The van der Waals surface area contributed by atoms with Crippen molar-refractivity contribution in [3.8, 4) is 5.75 Å². The van der Waals surface area contributed by atoms with E-state index in [2.05, 4.69) is 5.32 Å². The number of carbonyl (C=O) groups is 2. The summed E-state index contributed by atoms with van der Waals surface area (Å²) >= 11 is 0. The molecule has 0 aliphatic carbocycles. The van der Waals surface area contributed by atoms with Gasteiger partial charge in [-0.1, -0.05) is 32.0 Å². The third-order valence-electron chi connectivity index (χ3n) is 5.74. The van der Waals surface area contributed by atoms with Crippen LogP contribution in [0.1, 0.15) is 46.1 Å². The summed E-state index contributed by atoms with van der Waals surface area (Å²) in [7, 11) is -3.61. The molecule has 0 fully saturated rings. The predicted octanol–water partition coefficient (Wildman–Crippen LogP) is 3.96. The molecule has 0 saturated heterocycles. The second-order valence-corrected chi connectivity index (χ2v) is 11.2. The van der Waals surface area contributed by atoms with Crippen molar-refractivity contribution >= 4 is 27.5 Å². The number of nitrogens with one attached hydrogen (secondary N) is 1. The van der Waals surface area contributed by atoms with E-state index in [1.807, 2.05) is 20.8 Å². The van der Waals surface area contributed by atoms with Crippen molar-refractivity contribution in [3.63, 3.8) is 0 Å². The highest BCUT2D eigenvalue weighted by Gasteiger charge is 2.27. The van der Waals surface area contributed by atoms with E-state index in [4.69, 9.17) is 4.74 Å². The number of carbonyl (C=O) groups excluding carboxylic acids is 2. The Bertz CT molecular complexity index is 1140. The highest BCUT2D eigenvalue weighted by atomic mass is 32.2. The van der Waals surface area contributed by atoms with Gasteiger partial charge in [0.1, 0.15) is 17.6 Å². The standard InChI is InChI=1S/C27H38FN3O5S/c1-6-36-24-15-13-23(14-16-24)31(37(5,34)35)17-9-12-26(32)30(19-22-10-7-8-11-25(22)28)21(4)27(33)29-18-20(2)3/h7-8,10-11,13-16,20-21H,6,9,12,17-19H2,1-5H3,(H,29,33)/t21-/m1/s1. The maximum Gasteiger partial charge on any atom is 0.242 e. The molecule has 0 aromatic heterocycles. The van der Waals surface area contributed by atoms with Crippen LogP contribution in [0.3, 0.4) is 0 Å². The van der Waals surface area contributed by atoms with Crippen LogP contribution >= 0.6 is 0 Å². The molecule has 8 nitrogen and oxygen atoms in total. The first kappa shape index (κ1) is 30.1. The number of benzene rings is 2. The van der Waals surface area contributed by atoms with Crippen molar-refractivity contribution in [2.75, 3.05) is 30.3 Å². The molecule has 2 aromatic rings. The smallest absolute Gasteiger partial charge is 0.242 e. The molecule has 0 saturated carbocycles. The largest absolute Gasteiger partial charge is 0.494 e. The third kappa shape index (κ3) is 9.35. The fraction of sp³-hybridized carbons (Fsp3) is 0.481. The number of hydrogen-bond acceptors (Lipinski definition) is 5. The van der Waals surface area contributed by atoms with Gasteiger partial charge in [0.15, 0.2) is 0 Å². The second-order valence-electron chi connectivity index (χ2n) is 9.29. The Hall–Kier alpha value is -3.14. The molecule has 1 atom stereocenters. The maximum atomic E-state index is 14.4. The topological polar surface area (TPSA) is 96.0 Å². The van der Waals surface area contributed by atoms with Gasteiger partial charge in [-0.05, 0) is 56.5 Å². The van der Waals surface area contributed by atoms with Crippen LogP contribution in [0.4, 0.5) is 10.1 Å². The van der Waals surface area contributed by atoms with E-state index in [0.717, 1.165) is 6.26 Å². The second kappa shape index (κ2) is 14.0. The van der Waals surface area contributed by atoms with E-state index in [0.29, 0.717) is 30.2 Å². The van der Waals surface area contributed by atoms with Gasteiger partial charge in [-0.2, -0.15) is 0 Å². The van der Waals surface area contributed by atoms with Gasteiger partial charge >= 0.3 is 0 Å². The SMILES string of the molecule is CCOc1ccc(N(CCCC(=O)N(Cc2ccccc2F)[C@H](C)C(=O)NCC(C)C)S(C)(=O)=O)cc1. The number of halogens is 1. The predicted molar refractivity (Wildman–Crippen MR) is 143 cm³/mol. The lowest BCUT2D eigenvalue weighted by atomic mass is 10.1. The van der Waals surface area contributed by atoms with Gasteiger partial charge in [-0.15, -0.1) is 0 Å².